The van der Waals surface area contributed by atoms with Gasteiger partial charge in [-0.1, -0.05) is 26.0 Å². The summed E-state index contributed by atoms with van der Waals surface area (Å²) in [6.45, 7) is 5.02. The van der Waals surface area contributed by atoms with Gasteiger partial charge >= 0.3 is 0 Å². The van der Waals surface area contributed by atoms with Gasteiger partial charge in [0.15, 0.2) is 0 Å². The number of fused-ring (bicyclic) bond motifs is 1. The Kier molecular flexibility index (Phi) is 4.20. The number of rotatable bonds is 5. The predicted octanol–water partition coefficient (Wildman–Crippen LogP) is 3.86. The van der Waals surface area contributed by atoms with E-state index >= 15 is 0 Å². The summed E-state index contributed by atoms with van der Waals surface area (Å²) in [5.74, 6) is 1.55. The molecule has 21 heavy (non-hydrogen) atoms. The zero-order chi connectivity index (χ0) is 14.7. The van der Waals surface area contributed by atoms with Crippen LogP contribution in [0.5, 0.6) is 11.6 Å². The number of pyridine rings is 1. The predicted molar refractivity (Wildman–Crippen MR) is 84.8 cm³/mol. The lowest BCUT2D eigenvalue weighted by atomic mass is 10.1. The molecule has 0 aliphatic heterocycles. The molecule has 3 rings (SSSR count). The Morgan fingerprint density at radius 3 is 2.86 bits per heavy atom. The van der Waals surface area contributed by atoms with Crippen LogP contribution in [0.25, 0.3) is 0 Å². The third-order valence-electron chi connectivity index (χ3n) is 3.77. The largest absolute Gasteiger partial charge is 0.439 e. The van der Waals surface area contributed by atoms with E-state index in [1.165, 1.54) is 24.0 Å². The lowest BCUT2D eigenvalue weighted by molar-refractivity contribution is 0.458. The molecule has 1 aromatic heterocycles. The molecule has 0 saturated heterocycles. The lowest BCUT2D eigenvalue weighted by Crippen LogP contribution is -2.22. The maximum atomic E-state index is 5.91. The molecule has 1 aliphatic carbocycles. The fraction of sp³-hybridized carbons (Fsp3) is 0.389. The molecule has 1 aromatic carbocycles. The van der Waals surface area contributed by atoms with E-state index in [1.54, 1.807) is 0 Å². The Hall–Kier alpha value is -1.87. The van der Waals surface area contributed by atoms with Crippen LogP contribution in [0.2, 0.25) is 0 Å². The molecule has 3 heteroatoms. The van der Waals surface area contributed by atoms with Gasteiger partial charge in [-0.3, -0.25) is 0 Å². The molecule has 3 nitrogen and oxygen atoms in total. The summed E-state index contributed by atoms with van der Waals surface area (Å²) in [4.78, 5) is 4.55. The van der Waals surface area contributed by atoms with E-state index in [4.69, 9.17) is 4.74 Å². The Morgan fingerprint density at radius 1 is 1.14 bits per heavy atom. The summed E-state index contributed by atoms with van der Waals surface area (Å²) in [7, 11) is 0. The molecular weight excluding hydrogens is 260 g/mol. The van der Waals surface area contributed by atoms with Gasteiger partial charge in [0.2, 0.25) is 5.88 Å². The first-order valence-electron chi connectivity index (χ1n) is 7.70. The summed E-state index contributed by atoms with van der Waals surface area (Å²) in [6.07, 6.45) is 3.62. The second kappa shape index (κ2) is 6.27. The number of aryl methyl sites for hydroxylation is 2. The molecule has 0 spiro atoms. The van der Waals surface area contributed by atoms with E-state index < -0.39 is 0 Å². The van der Waals surface area contributed by atoms with Gasteiger partial charge < -0.3 is 10.1 Å². The van der Waals surface area contributed by atoms with Gasteiger partial charge in [-0.2, -0.15) is 0 Å². The second-order valence-electron chi connectivity index (χ2n) is 5.89. The van der Waals surface area contributed by atoms with E-state index in [9.17, 15) is 0 Å². The minimum atomic E-state index is 0.452. The highest BCUT2D eigenvalue weighted by molar-refractivity contribution is 5.39. The van der Waals surface area contributed by atoms with E-state index in [-0.39, 0.29) is 0 Å². The monoisotopic (exact) mass is 282 g/mol. The second-order valence-corrected chi connectivity index (χ2v) is 5.89. The van der Waals surface area contributed by atoms with Gasteiger partial charge in [0, 0.05) is 18.7 Å². The topological polar surface area (TPSA) is 34.1 Å². The van der Waals surface area contributed by atoms with Gasteiger partial charge in [-0.05, 0) is 48.6 Å². The number of ether oxygens (including phenoxy) is 1. The van der Waals surface area contributed by atoms with Crippen molar-refractivity contribution < 1.29 is 4.74 Å². The van der Waals surface area contributed by atoms with Crippen molar-refractivity contribution in [3.05, 3.63) is 53.2 Å². The molecule has 110 valence electrons. The average molecular weight is 282 g/mol. The zero-order valence-electron chi connectivity index (χ0n) is 12.7. The first-order valence-corrected chi connectivity index (χ1v) is 7.70. The van der Waals surface area contributed by atoms with Crippen molar-refractivity contribution in [3.8, 4) is 11.6 Å². The van der Waals surface area contributed by atoms with Crippen molar-refractivity contribution in [3.63, 3.8) is 0 Å². The average Bonchev–Trinajstić information content (AvgIpc) is 2.93. The standard InChI is InChI=1S/C18H22N2O/c1-13(2)19-12-16-7-4-8-18(20-16)21-17-10-9-14-5-3-6-15(14)11-17/h4,7-11,13,19H,3,5-6,12H2,1-2H3. The summed E-state index contributed by atoms with van der Waals surface area (Å²) in [5.41, 5.74) is 3.89. The molecule has 0 saturated carbocycles. The fourth-order valence-corrected chi connectivity index (χ4v) is 2.65. The van der Waals surface area contributed by atoms with Gasteiger partial charge in [-0.25, -0.2) is 4.98 Å². The summed E-state index contributed by atoms with van der Waals surface area (Å²) < 4.78 is 5.91. The third kappa shape index (κ3) is 3.61. The SMILES string of the molecule is CC(C)NCc1cccc(Oc2ccc3c(c2)CCC3)n1. The van der Waals surface area contributed by atoms with Crippen LogP contribution in [-0.4, -0.2) is 11.0 Å². The first kappa shape index (κ1) is 14.1. The maximum absolute atomic E-state index is 5.91. The minimum absolute atomic E-state index is 0.452. The minimum Gasteiger partial charge on any atom is -0.439 e. The highest BCUT2D eigenvalue weighted by Gasteiger charge is 2.11. The molecule has 2 aromatic rings. The van der Waals surface area contributed by atoms with Crippen molar-refractivity contribution >= 4 is 0 Å². The van der Waals surface area contributed by atoms with E-state index in [0.717, 1.165) is 24.4 Å². The van der Waals surface area contributed by atoms with Crippen LogP contribution in [0.1, 0.15) is 37.1 Å². The normalized spacial score (nSPS) is 13.5. The van der Waals surface area contributed by atoms with Crippen LogP contribution in [-0.2, 0) is 19.4 Å². The Morgan fingerprint density at radius 2 is 2.00 bits per heavy atom. The van der Waals surface area contributed by atoms with Gasteiger partial charge in [0.05, 0.1) is 5.69 Å². The van der Waals surface area contributed by atoms with Crippen molar-refractivity contribution in [2.75, 3.05) is 0 Å². The van der Waals surface area contributed by atoms with Crippen molar-refractivity contribution in [2.24, 2.45) is 0 Å². The number of nitrogens with one attached hydrogen (secondary N) is 1. The van der Waals surface area contributed by atoms with Crippen LogP contribution in [0, 0.1) is 0 Å². The van der Waals surface area contributed by atoms with Crippen molar-refractivity contribution in [2.45, 2.75) is 45.7 Å². The molecule has 0 bridgehead atoms. The molecule has 1 N–H and O–H groups in total. The number of nitrogens with zero attached hydrogens (tertiary/aromatic N) is 1. The molecule has 1 heterocycles. The highest BCUT2D eigenvalue weighted by Crippen LogP contribution is 2.28. The number of benzene rings is 1. The number of hydrogen-bond acceptors (Lipinski definition) is 3. The van der Waals surface area contributed by atoms with E-state index in [1.807, 2.05) is 24.3 Å². The van der Waals surface area contributed by atoms with Crippen LogP contribution < -0.4 is 10.1 Å². The van der Waals surface area contributed by atoms with Gasteiger partial charge in [0.1, 0.15) is 5.75 Å². The quantitative estimate of drug-likeness (QED) is 0.904. The van der Waals surface area contributed by atoms with Crippen LogP contribution in [0.15, 0.2) is 36.4 Å². The highest BCUT2D eigenvalue weighted by atomic mass is 16.5. The maximum Gasteiger partial charge on any atom is 0.219 e. The molecule has 0 unspecified atom stereocenters. The number of aromatic nitrogens is 1. The van der Waals surface area contributed by atoms with Crippen molar-refractivity contribution in [1.29, 1.82) is 0 Å². The Balaban J connectivity index is 1.71. The molecular formula is C18H22N2O. The molecule has 0 fully saturated rings. The molecule has 1 aliphatic rings. The van der Waals surface area contributed by atoms with E-state index in [0.29, 0.717) is 11.9 Å². The fourth-order valence-electron chi connectivity index (χ4n) is 2.65. The summed E-state index contributed by atoms with van der Waals surface area (Å²) in [5, 5.41) is 3.37. The molecule has 0 atom stereocenters. The first-order chi connectivity index (χ1) is 10.2. The lowest BCUT2D eigenvalue weighted by Gasteiger charge is -2.10. The molecule has 0 radical (unpaired) electrons. The Bertz CT molecular complexity index is 622. The summed E-state index contributed by atoms with van der Waals surface area (Å²) in [6, 6.07) is 12.8. The van der Waals surface area contributed by atoms with Gasteiger partial charge in [0.25, 0.3) is 0 Å². The van der Waals surface area contributed by atoms with Crippen molar-refractivity contribution in [1.82, 2.24) is 10.3 Å². The van der Waals surface area contributed by atoms with E-state index in [2.05, 4.69) is 36.3 Å². The number of hydrogen-bond donors (Lipinski definition) is 1. The van der Waals surface area contributed by atoms with Crippen LogP contribution >= 0.6 is 0 Å². The smallest absolute Gasteiger partial charge is 0.219 e. The molecule has 0 amide bonds. The third-order valence-corrected chi connectivity index (χ3v) is 3.77. The zero-order valence-corrected chi connectivity index (χ0v) is 12.7. The van der Waals surface area contributed by atoms with Gasteiger partial charge in [-0.15, -0.1) is 0 Å². The van der Waals surface area contributed by atoms with Crippen LogP contribution in [0.4, 0.5) is 0 Å². The Labute approximate surface area is 126 Å². The summed E-state index contributed by atoms with van der Waals surface area (Å²) >= 11 is 0. The van der Waals surface area contributed by atoms with Crippen LogP contribution in [0.3, 0.4) is 0 Å².